The molecule has 0 saturated carbocycles. The molecule has 1 rings (SSSR count). The van der Waals surface area contributed by atoms with Crippen molar-refractivity contribution in [1.82, 2.24) is 10.3 Å². The van der Waals surface area contributed by atoms with E-state index < -0.39 is 0 Å². The van der Waals surface area contributed by atoms with Crippen LogP contribution in [0.4, 0.5) is 5.69 Å². The molecule has 1 aromatic heterocycles. The quantitative estimate of drug-likeness (QED) is 0.819. The molecule has 0 bridgehead atoms. The second-order valence-corrected chi connectivity index (χ2v) is 4.91. The third-order valence-electron chi connectivity index (χ3n) is 2.11. The molecule has 0 aliphatic rings. The molecule has 1 aromatic rings. The molecule has 4 nitrogen and oxygen atoms in total. The number of aromatic nitrogens is 1. The number of nitrogens with one attached hydrogen (secondary N) is 2. The number of rotatable bonds is 3. The van der Waals surface area contributed by atoms with Gasteiger partial charge in [-0.15, -0.1) is 0 Å². The van der Waals surface area contributed by atoms with E-state index in [0.29, 0.717) is 12.1 Å². The number of hydrogen-bond acceptors (Lipinski definition) is 3. The number of carbonyl (C=O) groups excluding carboxylic acids is 1. The van der Waals surface area contributed by atoms with Crippen LogP contribution in [-0.2, 0) is 0 Å². The summed E-state index contributed by atoms with van der Waals surface area (Å²) in [7, 11) is 1.79. The van der Waals surface area contributed by atoms with Gasteiger partial charge < -0.3 is 10.6 Å². The van der Waals surface area contributed by atoms with Crippen molar-refractivity contribution in [3.05, 3.63) is 24.0 Å². The highest BCUT2D eigenvalue weighted by Gasteiger charge is 2.15. The Hall–Kier alpha value is -1.58. The van der Waals surface area contributed by atoms with E-state index in [2.05, 4.69) is 36.4 Å². The van der Waals surface area contributed by atoms with Crippen molar-refractivity contribution in [2.75, 3.05) is 18.9 Å². The predicted molar refractivity (Wildman–Crippen MR) is 65.6 cm³/mol. The molecule has 0 aromatic carbocycles. The first-order chi connectivity index (χ1) is 7.44. The molecule has 88 valence electrons. The van der Waals surface area contributed by atoms with Crippen LogP contribution in [0, 0.1) is 5.41 Å². The van der Waals surface area contributed by atoms with Gasteiger partial charge in [-0.3, -0.25) is 9.78 Å². The molecule has 0 saturated heterocycles. The summed E-state index contributed by atoms with van der Waals surface area (Å²) in [4.78, 5) is 15.8. The van der Waals surface area contributed by atoms with Crippen LogP contribution in [-0.4, -0.2) is 24.5 Å². The van der Waals surface area contributed by atoms with Gasteiger partial charge in [-0.2, -0.15) is 0 Å². The first kappa shape index (κ1) is 12.5. The number of carbonyl (C=O) groups is 1. The molecule has 0 spiro atoms. The third-order valence-corrected chi connectivity index (χ3v) is 2.11. The fraction of sp³-hybridized carbons (Fsp3) is 0.500. The van der Waals surface area contributed by atoms with Crippen molar-refractivity contribution in [2.24, 2.45) is 5.41 Å². The zero-order chi connectivity index (χ0) is 12.2. The van der Waals surface area contributed by atoms with Gasteiger partial charge >= 0.3 is 0 Å². The van der Waals surface area contributed by atoms with Crippen molar-refractivity contribution in [3.8, 4) is 0 Å². The van der Waals surface area contributed by atoms with Gasteiger partial charge in [0, 0.05) is 31.7 Å². The molecule has 2 N–H and O–H groups in total. The highest BCUT2D eigenvalue weighted by molar-refractivity contribution is 5.99. The molecular weight excluding hydrogens is 202 g/mol. The zero-order valence-electron chi connectivity index (χ0n) is 10.3. The van der Waals surface area contributed by atoms with Gasteiger partial charge in [0.1, 0.15) is 0 Å². The van der Waals surface area contributed by atoms with Gasteiger partial charge in [-0.05, 0) is 11.5 Å². The average Bonchev–Trinajstić information content (AvgIpc) is 2.25. The van der Waals surface area contributed by atoms with E-state index in [1.54, 1.807) is 25.5 Å². The molecule has 0 fully saturated rings. The summed E-state index contributed by atoms with van der Waals surface area (Å²) in [5, 5.41) is 5.87. The Labute approximate surface area is 96.5 Å². The smallest absolute Gasteiger partial charge is 0.254 e. The highest BCUT2D eigenvalue weighted by atomic mass is 16.1. The fourth-order valence-corrected chi connectivity index (χ4v) is 1.23. The van der Waals surface area contributed by atoms with Crippen molar-refractivity contribution >= 4 is 11.6 Å². The Bertz CT molecular complexity index is 369. The molecule has 4 heteroatoms. The van der Waals surface area contributed by atoms with Gasteiger partial charge in [0.05, 0.1) is 5.56 Å². The van der Waals surface area contributed by atoms with Crippen LogP contribution in [0.1, 0.15) is 31.1 Å². The fourth-order valence-electron chi connectivity index (χ4n) is 1.23. The minimum absolute atomic E-state index is 0.0810. The lowest BCUT2D eigenvalue weighted by atomic mass is 9.97. The first-order valence-electron chi connectivity index (χ1n) is 5.34. The number of nitrogens with zero attached hydrogens (tertiary/aromatic N) is 1. The maximum absolute atomic E-state index is 11.9. The molecule has 0 unspecified atom stereocenters. The predicted octanol–water partition coefficient (Wildman–Crippen LogP) is 1.90. The first-order valence-corrected chi connectivity index (χ1v) is 5.34. The van der Waals surface area contributed by atoms with Gasteiger partial charge in [0.2, 0.25) is 0 Å². The molecule has 16 heavy (non-hydrogen) atoms. The van der Waals surface area contributed by atoms with Crippen LogP contribution >= 0.6 is 0 Å². The van der Waals surface area contributed by atoms with Crippen LogP contribution in [0.3, 0.4) is 0 Å². The molecule has 1 heterocycles. The number of hydrogen-bond donors (Lipinski definition) is 2. The molecule has 0 radical (unpaired) electrons. The summed E-state index contributed by atoms with van der Waals surface area (Å²) in [5.74, 6) is -0.0904. The summed E-state index contributed by atoms with van der Waals surface area (Å²) >= 11 is 0. The van der Waals surface area contributed by atoms with E-state index in [-0.39, 0.29) is 11.3 Å². The van der Waals surface area contributed by atoms with E-state index in [1.807, 2.05) is 0 Å². The van der Waals surface area contributed by atoms with Gasteiger partial charge in [0.15, 0.2) is 0 Å². The molecule has 0 atom stereocenters. The van der Waals surface area contributed by atoms with E-state index in [1.165, 1.54) is 0 Å². The maximum atomic E-state index is 11.9. The largest absolute Gasteiger partial charge is 0.387 e. The van der Waals surface area contributed by atoms with Crippen molar-refractivity contribution in [3.63, 3.8) is 0 Å². The topological polar surface area (TPSA) is 54.0 Å². The van der Waals surface area contributed by atoms with Crippen molar-refractivity contribution in [1.29, 1.82) is 0 Å². The monoisotopic (exact) mass is 221 g/mol. The second-order valence-electron chi connectivity index (χ2n) is 4.91. The van der Waals surface area contributed by atoms with Gasteiger partial charge in [-0.25, -0.2) is 0 Å². The lowest BCUT2D eigenvalue weighted by Gasteiger charge is -2.19. The molecule has 0 aliphatic carbocycles. The number of anilines is 1. The summed E-state index contributed by atoms with van der Waals surface area (Å²) < 4.78 is 0. The Morgan fingerprint density at radius 3 is 2.69 bits per heavy atom. The summed E-state index contributed by atoms with van der Waals surface area (Å²) in [5.41, 5.74) is 1.45. The standard InChI is InChI=1S/C12H19N3O/c1-12(2,3)8-15-11(16)9-7-14-6-5-10(9)13-4/h5-7H,8H2,1-4H3,(H,13,14)(H,15,16). The van der Waals surface area contributed by atoms with Gasteiger partial charge in [0.25, 0.3) is 5.91 Å². The lowest BCUT2D eigenvalue weighted by Crippen LogP contribution is -2.32. The van der Waals surface area contributed by atoms with Gasteiger partial charge in [-0.1, -0.05) is 20.8 Å². The lowest BCUT2D eigenvalue weighted by molar-refractivity contribution is 0.0940. The number of amides is 1. The van der Waals surface area contributed by atoms with E-state index >= 15 is 0 Å². The second kappa shape index (κ2) is 4.96. The average molecular weight is 221 g/mol. The summed E-state index contributed by atoms with van der Waals surface area (Å²) in [6.07, 6.45) is 3.23. The summed E-state index contributed by atoms with van der Waals surface area (Å²) in [6, 6.07) is 1.78. The van der Waals surface area contributed by atoms with Crippen molar-refractivity contribution < 1.29 is 4.79 Å². The van der Waals surface area contributed by atoms with Crippen LogP contribution in [0.5, 0.6) is 0 Å². The third kappa shape index (κ3) is 3.53. The minimum Gasteiger partial charge on any atom is -0.387 e. The minimum atomic E-state index is -0.0904. The van der Waals surface area contributed by atoms with Crippen molar-refractivity contribution in [2.45, 2.75) is 20.8 Å². The van der Waals surface area contributed by atoms with E-state index in [9.17, 15) is 4.79 Å². The van der Waals surface area contributed by atoms with Crippen LogP contribution in [0.25, 0.3) is 0 Å². The van der Waals surface area contributed by atoms with E-state index in [0.717, 1.165) is 5.69 Å². The molecule has 1 amide bonds. The number of pyridine rings is 1. The van der Waals surface area contributed by atoms with Crippen LogP contribution in [0.15, 0.2) is 18.5 Å². The summed E-state index contributed by atoms with van der Waals surface area (Å²) in [6.45, 7) is 6.88. The Balaban J connectivity index is 2.73. The zero-order valence-corrected chi connectivity index (χ0v) is 10.3. The highest BCUT2D eigenvalue weighted by Crippen LogP contribution is 2.14. The maximum Gasteiger partial charge on any atom is 0.254 e. The Kier molecular flexibility index (Phi) is 3.88. The molecule has 0 aliphatic heterocycles. The molecular formula is C12H19N3O. The Morgan fingerprint density at radius 2 is 2.12 bits per heavy atom. The Morgan fingerprint density at radius 1 is 1.44 bits per heavy atom. The van der Waals surface area contributed by atoms with Crippen LogP contribution in [0.2, 0.25) is 0 Å². The normalized spacial score (nSPS) is 11.0. The SMILES string of the molecule is CNc1ccncc1C(=O)NCC(C)(C)C. The van der Waals surface area contributed by atoms with Crippen LogP contribution < -0.4 is 10.6 Å². The van der Waals surface area contributed by atoms with E-state index in [4.69, 9.17) is 0 Å².